The molecule has 8 heteroatoms. The molecule has 0 radical (unpaired) electrons. The van der Waals surface area contributed by atoms with Crippen LogP contribution in [-0.4, -0.2) is 54.8 Å². The van der Waals surface area contributed by atoms with E-state index in [2.05, 4.69) is 245 Å². The second-order valence-electron chi connectivity index (χ2n) is 22.2. The monoisotopic (exact) mass is 1060 g/mol. The van der Waals surface area contributed by atoms with Crippen molar-refractivity contribution in [2.75, 3.05) is 0 Å². The molecule has 0 bridgehead atoms. The molecule has 1 saturated heterocycles. The number of hydrogen-bond donors (Lipinski definition) is 0. The summed E-state index contributed by atoms with van der Waals surface area (Å²) >= 11 is -0.224. The van der Waals surface area contributed by atoms with E-state index in [4.69, 9.17) is 14.3 Å². The third-order valence-electron chi connectivity index (χ3n) is 13.2. The molecular formula is C58H70BBrGe2N2O2. The summed E-state index contributed by atoms with van der Waals surface area (Å²) in [7, 11) is -0.309. The third kappa shape index (κ3) is 11.5. The van der Waals surface area contributed by atoms with Crippen LogP contribution < -0.4 is 14.3 Å². The molecule has 2 aromatic heterocycles. The minimum atomic E-state index is -1.94. The smallest absolute Gasteiger partial charge is 0.399 e. The maximum Gasteiger partial charge on any atom is 0.494 e. The maximum atomic E-state index is 6.16. The Bertz CT molecular complexity index is 2990. The van der Waals surface area contributed by atoms with Gasteiger partial charge in [0.1, 0.15) is 0 Å². The van der Waals surface area contributed by atoms with Crippen LogP contribution in [0.25, 0.3) is 54.3 Å². The Morgan fingerprint density at radius 3 is 1.47 bits per heavy atom. The fourth-order valence-electron chi connectivity index (χ4n) is 9.02. The van der Waals surface area contributed by atoms with Gasteiger partial charge in [0.15, 0.2) is 0 Å². The van der Waals surface area contributed by atoms with Crippen molar-refractivity contribution >= 4 is 107 Å². The summed E-state index contributed by atoms with van der Waals surface area (Å²) in [4.78, 5) is 9.28. The van der Waals surface area contributed by atoms with Gasteiger partial charge in [-0.15, -0.1) is 0 Å². The molecule has 0 spiro atoms. The van der Waals surface area contributed by atoms with Crippen molar-refractivity contribution in [3.8, 4) is 11.3 Å². The number of fused-ring (bicyclic) bond motifs is 6. The molecule has 3 heterocycles. The van der Waals surface area contributed by atoms with Crippen LogP contribution in [0.4, 0.5) is 0 Å². The fraction of sp³-hybridized carbons (Fsp3) is 0.345. The number of rotatable bonds is 8. The molecule has 0 atom stereocenters. The normalized spacial score (nSPS) is 14.8. The second kappa shape index (κ2) is 20.0. The van der Waals surface area contributed by atoms with Crippen molar-refractivity contribution in [2.24, 2.45) is 11.8 Å². The molecule has 0 saturated carbocycles. The van der Waals surface area contributed by atoms with Gasteiger partial charge in [0.05, 0.1) is 11.2 Å². The van der Waals surface area contributed by atoms with E-state index in [9.17, 15) is 0 Å². The van der Waals surface area contributed by atoms with Gasteiger partial charge in [-0.1, -0.05) is 54.6 Å². The van der Waals surface area contributed by atoms with E-state index in [1.165, 1.54) is 66.2 Å². The van der Waals surface area contributed by atoms with E-state index in [-0.39, 0.29) is 18.3 Å². The molecule has 0 unspecified atom stereocenters. The van der Waals surface area contributed by atoms with Crippen molar-refractivity contribution in [3.05, 3.63) is 149 Å². The number of halogens is 1. The van der Waals surface area contributed by atoms with Gasteiger partial charge in [0.2, 0.25) is 0 Å². The summed E-state index contributed by atoms with van der Waals surface area (Å²) in [5.74, 6) is 16.0. The molecule has 8 aromatic rings. The number of aromatic nitrogens is 2. The Balaban J connectivity index is 0.000000154. The molecule has 1 aliphatic heterocycles. The molecule has 9 rings (SSSR count). The van der Waals surface area contributed by atoms with Crippen LogP contribution in [0.15, 0.2) is 138 Å². The summed E-state index contributed by atoms with van der Waals surface area (Å²) < 4.78 is 16.4. The molecule has 4 nitrogen and oxygen atoms in total. The fourth-order valence-corrected chi connectivity index (χ4v) is 16.1. The van der Waals surface area contributed by atoms with Crippen LogP contribution in [-0.2, 0) is 22.2 Å². The Labute approximate surface area is 409 Å². The van der Waals surface area contributed by atoms with E-state index in [0.717, 1.165) is 22.2 Å². The average molecular weight is 1060 g/mol. The molecule has 0 aliphatic carbocycles. The first-order valence-corrected chi connectivity index (χ1v) is 39.3. The Hall–Kier alpha value is -3.79. The van der Waals surface area contributed by atoms with Gasteiger partial charge in [-0.25, -0.2) is 0 Å². The van der Waals surface area contributed by atoms with E-state index >= 15 is 0 Å². The largest absolute Gasteiger partial charge is 0.494 e. The van der Waals surface area contributed by atoms with Gasteiger partial charge in [0.25, 0.3) is 0 Å². The van der Waals surface area contributed by atoms with Crippen LogP contribution in [0.2, 0.25) is 34.5 Å². The minimum absolute atomic E-state index is 0.309. The zero-order chi connectivity index (χ0) is 47.8. The summed E-state index contributed by atoms with van der Waals surface area (Å²) in [5, 5.41) is 10.2. The quantitative estimate of drug-likeness (QED) is 0.0864. The number of hydrogen-bond acceptors (Lipinski definition) is 4. The summed E-state index contributed by atoms with van der Waals surface area (Å²) in [5.41, 5.74) is 5.77. The van der Waals surface area contributed by atoms with Crippen molar-refractivity contribution < 1.29 is 9.31 Å². The molecule has 342 valence electrons. The van der Waals surface area contributed by atoms with Crippen molar-refractivity contribution in [3.63, 3.8) is 0 Å². The minimum Gasteiger partial charge on any atom is -0.399 e. The topological polar surface area (TPSA) is 44.2 Å². The molecular weight excluding hydrogens is 993 g/mol. The third-order valence-corrected chi connectivity index (χ3v) is 22.3. The summed E-state index contributed by atoms with van der Waals surface area (Å²) in [6.45, 7) is 17.5. The zero-order valence-corrected chi connectivity index (χ0v) is 47.7. The van der Waals surface area contributed by atoms with E-state index in [1.54, 1.807) is 8.79 Å². The molecule has 66 heavy (non-hydrogen) atoms. The second-order valence-corrected chi connectivity index (χ2v) is 44.1. The van der Waals surface area contributed by atoms with Gasteiger partial charge in [0, 0.05) is 0 Å². The first-order chi connectivity index (χ1) is 31.0. The van der Waals surface area contributed by atoms with E-state index in [0.29, 0.717) is 11.8 Å². The van der Waals surface area contributed by atoms with Crippen LogP contribution >= 0.6 is 15.9 Å². The predicted octanol–water partition coefficient (Wildman–Crippen LogP) is 14.7. The summed E-state index contributed by atoms with van der Waals surface area (Å²) in [6, 6.07) is 43.7. The Morgan fingerprint density at radius 1 is 0.515 bits per heavy atom. The van der Waals surface area contributed by atoms with Crippen molar-refractivity contribution in [2.45, 2.75) is 114 Å². The predicted molar refractivity (Wildman–Crippen MR) is 297 cm³/mol. The number of pyridine rings is 2. The Morgan fingerprint density at radius 2 is 0.955 bits per heavy atom. The van der Waals surface area contributed by atoms with Crippen LogP contribution in [0.1, 0.15) is 66.5 Å². The van der Waals surface area contributed by atoms with Gasteiger partial charge < -0.3 is 9.31 Å². The molecule has 1 aliphatic rings. The van der Waals surface area contributed by atoms with Gasteiger partial charge in [-0.2, -0.15) is 0 Å². The van der Waals surface area contributed by atoms with Crippen LogP contribution in [0.5, 0.6) is 0 Å². The van der Waals surface area contributed by atoms with Gasteiger partial charge >= 0.3 is 283 Å². The summed E-state index contributed by atoms with van der Waals surface area (Å²) in [6.07, 6.45) is 6.56. The maximum absolute atomic E-state index is 6.16. The zero-order valence-electron chi connectivity index (χ0n) is 41.9. The van der Waals surface area contributed by atoms with Crippen molar-refractivity contribution in [1.29, 1.82) is 0 Å². The van der Waals surface area contributed by atoms with Crippen LogP contribution in [0, 0.1) is 11.8 Å². The molecule has 0 N–H and O–H groups in total. The molecule has 1 fully saturated rings. The molecule has 0 amide bonds. The SMILES string of the molecule is CC(C)Cc1cc(-c2ccc3c(ccc4ccccc43)c2)nc[c]1[Ge]([CH3])([CH3])[CH3].CC(C)Cc1cc(Br)nc[c]1[Ge]([CH3])([CH3])[CH3].CC1(C)OB(c2ccc3c(ccc4ccccc43)c2)OC1(C)C. The number of nitrogens with zero attached hydrogens (tertiary/aromatic N) is 2. The standard InChI is InChI=1S/C26H29GeN.C20H21BO2.C12H20BrGeN/c1-18(2)14-22-16-26(28-17-25(22)27(3,4)5)21-12-13-24-20(15-21)11-10-19-8-6-7-9-23(19)24;1-19(2)20(3,4)23-21(22-19)16-11-12-18-15(13-16)10-9-14-7-5-6-8-17(14)18;1-9(2)6-10-7-12(13)15-8-11(10)14(3,4)5/h6-13,15-18H,14H2,1-5H3;5-13H,1-4H3;7-9H,6H2,1-5H3. The van der Waals surface area contributed by atoms with Crippen molar-refractivity contribution in [1.82, 2.24) is 9.97 Å². The van der Waals surface area contributed by atoms with E-state index < -0.39 is 26.5 Å². The Kier molecular flexibility index (Phi) is 15.2. The first kappa shape index (κ1) is 50.1. The van der Waals surface area contributed by atoms with Crippen LogP contribution in [0.3, 0.4) is 0 Å². The van der Waals surface area contributed by atoms with Gasteiger partial charge in [-0.3, -0.25) is 0 Å². The van der Waals surface area contributed by atoms with E-state index in [1.807, 2.05) is 0 Å². The molecule has 6 aromatic carbocycles. The number of benzene rings is 6. The first-order valence-electron chi connectivity index (χ1n) is 23.8. The average Bonchev–Trinajstić information content (AvgIpc) is 3.47. The van der Waals surface area contributed by atoms with Gasteiger partial charge in [-0.05, 0) is 54.7 Å².